The van der Waals surface area contributed by atoms with E-state index >= 15 is 0 Å². The van der Waals surface area contributed by atoms with E-state index in [1.807, 2.05) is 39.0 Å². The molecule has 0 saturated carbocycles. The van der Waals surface area contributed by atoms with E-state index in [0.29, 0.717) is 26.4 Å². The van der Waals surface area contributed by atoms with Gasteiger partial charge in [0.2, 0.25) is 0 Å². The molecule has 0 amide bonds. The molecular weight excluding hydrogens is 254 g/mol. The van der Waals surface area contributed by atoms with Crippen molar-refractivity contribution in [1.82, 2.24) is 5.32 Å². The maximum atomic E-state index is 5.66. The monoisotopic (exact) mass is 281 g/mol. The Kier molecular flexibility index (Phi) is 8.26. The van der Waals surface area contributed by atoms with Gasteiger partial charge in [-0.15, -0.1) is 0 Å². The van der Waals surface area contributed by atoms with Crippen LogP contribution in [0.1, 0.15) is 39.3 Å². The molecule has 4 nitrogen and oxygen atoms in total. The SMILES string of the molecule is CCOc1ccccc1C(C)NCC(OCC)OCC. The van der Waals surface area contributed by atoms with Gasteiger partial charge < -0.3 is 19.5 Å². The molecular formula is C16H27NO3. The summed E-state index contributed by atoms with van der Waals surface area (Å²) in [6, 6.07) is 8.28. The quantitative estimate of drug-likeness (QED) is 0.669. The highest BCUT2D eigenvalue weighted by Gasteiger charge is 2.14. The van der Waals surface area contributed by atoms with Gasteiger partial charge in [0.05, 0.1) is 6.61 Å². The molecule has 1 aromatic rings. The van der Waals surface area contributed by atoms with Gasteiger partial charge in [0, 0.05) is 31.4 Å². The van der Waals surface area contributed by atoms with Crippen LogP contribution in [0, 0.1) is 0 Å². The second-order valence-corrected chi connectivity index (χ2v) is 4.44. The minimum Gasteiger partial charge on any atom is -0.494 e. The summed E-state index contributed by atoms with van der Waals surface area (Å²) >= 11 is 0. The smallest absolute Gasteiger partial charge is 0.169 e. The summed E-state index contributed by atoms with van der Waals surface area (Å²) in [5.41, 5.74) is 1.15. The molecule has 1 aromatic carbocycles. The maximum absolute atomic E-state index is 5.66. The summed E-state index contributed by atoms with van der Waals surface area (Å²) in [5, 5.41) is 3.44. The fraction of sp³-hybridized carbons (Fsp3) is 0.625. The lowest BCUT2D eigenvalue weighted by atomic mass is 10.1. The first kappa shape index (κ1) is 17.0. The third kappa shape index (κ3) is 5.49. The van der Waals surface area contributed by atoms with Crippen LogP contribution in [0.15, 0.2) is 24.3 Å². The number of rotatable bonds is 10. The van der Waals surface area contributed by atoms with Crippen molar-refractivity contribution in [2.75, 3.05) is 26.4 Å². The van der Waals surface area contributed by atoms with Crippen molar-refractivity contribution in [2.45, 2.75) is 40.0 Å². The van der Waals surface area contributed by atoms with Crippen LogP contribution in [0.25, 0.3) is 0 Å². The second-order valence-electron chi connectivity index (χ2n) is 4.44. The Morgan fingerprint density at radius 1 is 1.00 bits per heavy atom. The van der Waals surface area contributed by atoms with Crippen LogP contribution in [0.5, 0.6) is 5.75 Å². The van der Waals surface area contributed by atoms with E-state index in [2.05, 4.69) is 18.3 Å². The topological polar surface area (TPSA) is 39.7 Å². The zero-order chi connectivity index (χ0) is 14.8. The van der Waals surface area contributed by atoms with E-state index < -0.39 is 0 Å². The van der Waals surface area contributed by atoms with E-state index in [4.69, 9.17) is 14.2 Å². The van der Waals surface area contributed by atoms with Crippen molar-refractivity contribution in [3.63, 3.8) is 0 Å². The van der Waals surface area contributed by atoms with Crippen LogP contribution in [0.2, 0.25) is 0 Å². The number of benzene rings is 1. The molecule has 20 heavy (non-hydrogen) atoms. The molecule has 0 fully saturated rings. The van der Waals surface area contributed by atoms with Crippen LogP contribution in [0.3, 0.4) is 0 Å². The Morgan fingerprint density at radius 2 is 1.65 bits per heavy atom. The van der Waals surface area contributed by atoms with Crippen molar-refractivity contribution in [2.24, 2.45) is 0 Å². The zero-order valence-corrected chi connectivity index (χ0v) is 13.0. The predicted octanol–water partition coefficient (Wildman–Crippen LogP) is 3.14. The third-order valence-corrected chi connectivity index (χ3v) is 2.98. The molecule has 0 bridgehead atoms. The van der Waals surface area contributed by atoms with Gasteiger partial charge in [0.1, 0.15) is 5.75 Å². The fourth-order valence-corrected chi connectivity index (χ4v) is 2.05. The first-order valence-electron chi connectivity index (χ1n) is 7.41. The summed E-state index contributed by atoms with van der Waals surface area (Å²) in [5.74, 6) is 0.930. The number of ether oxygens (including phenoxy) is 3. The minimum atomic E-state index is -0.202. The van der Waals surface area contributed by atoms with Crippen molar-refractivity contribution in [3.8, 4) is 5.75 Å². The molecule has 0 spiro atoms. The van der Waals surface area contributed by atoms with Gasteiger partial charge in [-0.1, -0.05) is 18.2 Å². The highest BCUT2D eigenvalue weighted by molar-refractivity contribution is 5.35. The van der Waals surface area contributed by atoms with Gasteiger partial charge in [-0.2, -0.15) is 0 Å². The fourth-order valence-electron chi connectivity index (χ4n) is 2.05. The Bertz CT molecular complexity index is 364. The van der Waals surface area contributed by atoms with Crippen molar-refractivity contribution >= 4 is 0 Å². The van der Waals surface area contributed by atoms with Gasteiger partial charge in [-0.05, 0) is 33.8 Å². The Hall–Kier alpha value is -1.10. The van der Waals surface area contributed by atoms with E-state index in [-0.39, 0.29) is 12.3 Å². The molecule has 0 saturated heterocycles. The first-order valence-corrected chi connectivity index (χ1v) is 7.41. The summed E-state index contributed by atoms with van der Waals surface area (Å²) in [4.78, 5) is 0. The largest absolute Gasteiger partial charge is 0.494 e. The lowest BCUT2D eigenvalue weighted by Gasteiger charge is -2.22. The molecule has 1 atom stereocenters. The summed E-state index contributed by atoms with van der Waals surface area (Å²) < 4.78 is 16.7. The Balaban J connectivity index is 2.59. The normalized spacial score (nSPS) is 12.7. The number of nitrogens with one attached hydrogen (secondary N) is 1. The van der Waals surface area contributed by atoms with E-state index in [1.165, 1.54) is 0 Å². The molecule has 1 N–H and O–H groups in total. The van der Waals surface area contributed by atoms with Gasteiger partial charge in [-0.3, -0.25) is 0 Å². The van der Waals surface area contributed by atoms with Gasteiger partial charge in [0.25, 0.3) is 0 Å². The van der Waals surface area contributed by atoms with E-state index in [0.717, 1.165) is 11.3 Å². The Labute approximate surface area is 122 Å². The van der Waals surface area contributed by atoms with Crippen LogP contribution in [0.4, 0.5) is 0 Å². The third-order valence-electron chi connectivity index (χ3n) is 2.98. The molecule has 1 unspecified atom stereocenters. The number of para-hydroxylation sites is 1. The highest BCUT2D eigenvalue weighted by atomic mass is 16.7. The van der Waals surface area contributed by atoms with Gasteiger partial charge >= 0.3 is 0 Å². The molecule has 0 aromatic heterocycles. The predicted molar refractivity (Wildman–Crippen MR) is 81.1 cm³/mol. The van der Waals surface area contributed by atoms with E-state index in [1.54, 1.807) is 0 Å². The highest BCUT2D eigenvalue weighted by Crippen LogP contribution is 2.24. The minimum absolute atomic E-state index is 0.182. The average Bonchev–Trinajstić information content (AvgIpc) is 2.46. The standard InChI is InChI=1S/C16H27NO3/c1-5-18-15-11-9-8-10-14(15)13(4)17-12-16(19-6-2)20-7-3/h8-11,13,16-17H,5-7,12H2,1-4H3. The summed E-state index contributed by atoms with van der Waals surface area (Å²) in [6.45, 7) is 10.7. The molecule has 4 heteroatoms. The van der Waals surface area contributed by atoms with Gasteiger partial charge in [0.15, 0.2) is 6.29 Å². The lowest BCUT2D eigenvalue weighted by Crippen LogP contribution is -2.33. The average molecular weight is 281 g/mol. The second kappa shape index (κ2) is 9.75. The molecule has 0 aliphatic carbocycles. The molecule has 114 valence electrons. The van der Waals surface area contributed by atoms with Crippen LogP contribution >= 0.6 is 0 Å². The van der Waals surface area contributed by atoms with Crippen LogP contribution in [-0.4, -0.2) is 32.7 Å². The maximum Gasteiger partial charge on any atom is 0.169 e. The molecule has 0 aliphatic rings. The molecule has 0 radical (unpaired) electrons. The summed E-state index contributed by atoms with van der Waals surface area (Å²) in [6.07, 6.45) is -0.202. The van der Waals surface area contributed by atoms with Gasteiger partial charge in [-0.25, -0.2) is 0 Å². The molecule has 0 aliphatic heterocycles. The van der Waals surface area contributed by atoms with Crippen molar-refractivity contribution in [1.29, 1.82) is 0 Å². The Morgan fingerprint density at radius 3 is 2.25 bits per heavy atom. The number of hydrogen-bond acceptors (Lipinski definition) is 4. The summed E-state index contributed by atoms with van der Waals surface area (Å²) in [7, 11) is 0. The van der Waals surface area contributed by atoms with Crippen molar-refractivity contribution < 1.29 is 14.2 Å². The zero-order valence-electron chi connectivity index (χ0n) is 13.0. The molecule has 1 rings (SSSR count). The van der Waals surface area contributed by atoms with Crippen molar-refractivity contribution in [3.05, 3.63) is 29.8 Å². The number of hydrogen-bond donors (Lipinski definition) is 1. The van der Waals surface area contributed by atoms with E-state index in [9.17, 15) is 0 Å². The lowest BCUT2D eigenvalue weighted by molar-refractivity contribution is -0.133. The first-order chi connectivity index (χ1) is 9.72. The molecule has 0 heterocycles. The van der Waals surface area contributed by atoms with Crippen LogP contribution < -0.4 is 10.1 Å². The van der Waals surface area contributed by atoms with Crippen LogP contribution in [-0.2, 0) is 9.47 Å².